The van der Waals surface area contributed by atoms with Gasteiger partial charge >= 0.3 is 11.6 Å². The van der Waals surface area contributed by atoms with Gasteiger partial charge in [0.2, 0.25) is 5.91 Å². The van der Waals surface area contributed by atoms with E-state index in [9.17, 15) is 19.5 Å². The van der Waals surface area contributed by atoms with Gasteiger partial charge in [0.25, 0.3) is 0 Å². The molecule has 1 N–H and O–H groups in total. The molecule has 1 aromatic carbocycles. The Morgan fingerprint density at radius 1 is 1.27 bits per heavy atom. The van der Waals surface area contributed by atoms with Gasteiger partial charge in [-0.15, -0.1) is 0 Å². The maximum atomic E-state index is 12.5. The zero-order valence-corrected chi connectivity index (χ0v) is 16.4. The van der Waals surface area contributed by atoms with E-state index in [4.69, 9.17) is 13.6 Å². The fourth-order valence-corrected chi connectivity index (χ4v) is 3.65. The van der Waals surface area contributed by atoms with Gasteiger partial charge in [0.05, 0.1) is 18.7 Å². The van der Waals surface area contributed by atoms with E-state index in [2.05, 4.69) is 0 Å². The number of carbonyl (C=O) groups is 2. The number of hydrogen-bond donors (Lipinski definition) is 1. The summed E-state index contributed by atoms with van der Waals surface area (Å²) in [4.78, 5) is 38.2. The number of rotatable bonds is 6. The zero-order chi connectivity index (χ0) is 21.3. The molecule has 1 amide bonds. The van der Waals surface area contributed by atoms with Crippen LogP contribution in [0.25, 0.3) is 11.0 Å². The Labute approximate surface area is 171 Å². The van der Waals surface area contributed by atoms with Gasteiger partial charge in [0, 0.05) is 36.0 Å². The Bertz CT molecular complexity index is 1150. The molecule has 1 fully saturated rings. The molecule has 1 aliphatic heterocycles. The van der Waals surface area contributed by atoms with E-state index in [1.165, 1.54) is 18.4 Å². The number of esters is 1. The minimum Gasteiger partial charge on any atom is -0.508 e. The van der Waals surface area contributed by atoms with Crippen molar-refractivity contribution in [3.8, 4) is 5.75 Å². The molecule has 3 aromatic rings. The van der Waals surface area contributed by atoms with Gasteiger partial charge in [0.1, 0.15) is 23.7 Å². The molecule has 0 radical (unpaired) electrons. The number of likely N-dealkylation sites (tertiary alicyclic amines) is 1. The van der Waals surface area contributed by atoms with Crippen LogP contribution in [0, 0.1) is 5.92 Å². The molecule has 1 atom stereocenters. The number of nitrogens with zero attached hydrogens (tertiary/aromatic N) is 1. The van der Waals surface area contributed by atoms with Gasteiger partial charge < -0.3 is 23.6 Å². The number of aryl methyl sites for hydroxylation is 1. The van der Waals surface area contributed by atoms with Crippen molar-refractivity contribution >= 4 is 22.8 Å². The summed E-state index contributed by atoms with van der Waals surface area (Å²) in [6.45, 7) is 2.33. The Kier molecular flexibility index (Phi) is 5.31. The van der Waals surface area contributed by atoms with Crippen molar-refractivity contribution in [3.63, 3.8) is 0 Å². The van der Waals surface area contributed by atoms with Gasteiger partial charge in [0.15, 0.2) is 0 Å². The van der Waals surface area contributed by atoms with Crippen molar-refractivity contribution in [1.29, 1.82) is 0 Å². The Hall–Kier alpha value is -3.55. The van der Waals surface area contributed by atoms with Crippen molar-refractivity contribution in [2.75, 3.05) is 6.54 Å². The fraction of sp³-hybridized carbons (Fsp3) is 0.318. The highest BCUT2D eigenvalue weighted by molar-refractivity contribution is 5.87. The summed E-state index contributed by atoms with van der Waals surface area (Å²) in [6, 6.07) is 7.90. The molecule has 2 aromatic heterocycles. The van der Waals surface area contributed by atoms with E-state index in [0.29, 0.717) is 35.2 Å². The van der Waals surface area contributed by atoms with Gasteiger partial charge in [-0.3, -0.25) is 9.59 Å². The predicted octanol–water partition coefficient (Wildman–Crippen LogP) is 2.75. The van der Waals surface area contributed by atoms with Gasteiger partial charge in [-0.2, -0.15) is 0 Å². The molecule has 1 saturated heterocycles. The third-order valence-electron chi connectivity index (χ3n) is 5.25. The first-order chi connectivity index (χ1) is 14.4. The highest BCUT2D eigenvalue weighted by atomic mass is 16.5. The van der Waals surface area contributed by atoms with Gasteiger partial charge in [-0.25, -0.2) is 4.79 Å². The number of hydrogen-bond acceptors (Lipinski definition) is 7. The van der Waals surface area contributed by atoms with Crippen LogP contribution in [0.2, 0.25) is 0 Å². The molecule has 30 heavy (non-hydrogen) atoms. The Morgan fingerprint density at radius 3 is 2.83 bits per heavy atom. The molecule has 0 spiro atoms. The summed E-state index contributed by atoms with van der Waals surface area (Å²) in [5, 5.41) is 10.6. The van der Waals surface area contributed by atoms with E-state index in [1.807, 2.05) is 6.92 Å². The lowest BCUT2D eigenvalue weighted by Crippen LogP contribution is -2.26. The molecular formula is C22H21NO7. The van der Waals surface area contributed by atoms with Crippen molar-refractivity contribution in [2.45, 2.75) is 32.9 Å². The van der Waals surface area contributed by atoms with Crippen molar-refractivity contribution in [2.24, 2.45) is 5.92 Å². The maximum absolute atomic E-state index is 12.5. The average molecular weight is 411 g/mol. The standard InChI is InChI=1S/C22H21NO7/c1-2-13-6-17-15(8-21(26)30-19(17)9-18(13)24)12-29-22(27)14-7-20(25)23(10-14)11-16-4-3-5-28-16/h3-6,8-9,14,24H,2,7,10-12H2,1H3/t14-/m1/s1. The minimum absolute atomic E-state index is 0.0448. The molecule has 1 aliphatic rings. The number of carbonyl (C=O) groups excluding carboxylic acids is 2. The molecule has 0 bridgehead atoms. The van der Waals surface area contributed by atoms with E-state index >= 15 is 0 Å². The van der Waals surface area contributed by atoms with Crippen molar-refractivity contribution in [1.82, 2.24) is 4.90 Å². The first-order valence-electron chi connectivity index (χ1n) is 9.70. The second kappa shape index (κ2) is 8.06. The average Bonchev–Trinajstić information content (AvgIpc) is 3.35. The summed E-state index contributed by atoms with van der Waals surface area (Å²) >= 11 is 0. The summed E-state index contributed by atoms with van der Waals surface area (Å²) in [6.07, 6.45) is 2.20. The van der Waals surface area contributed by atoms with Crippen LogP contribution in [-0.4, -0.2) is 28.4 Å². The fourth-order valence-electron chi connectivity index (χ4n) is 3.65. The number of ether oxygens (including phenoxy) is 1. The van der Waals surface area contributed by atoms with Crippen LogP contribution >= 0.6 is 0 Å². The number of benzene rings is 1. The molecule has 0 unspecified atom stereocenters. The van der Waals surface area contributed by atoms with Crippen LogP contribution in [-0.2, 0) is 33.9 Å². The quantitative estimate of drug-likeness (QED) is 0.490. The van der Waals surface area contributed by atoms with Crippen LogP contribution in [0.4, 0.5) is 0 Å². The topological polar surface area (TPSA) is 110 Å². The molecule has 4 rings (SSSR count). The summed E-state index contributed by atoms with van der Waals surface area (Å²) in [7, 11) is 0. The lowest BCUT2D eigenvalue weighted by atomic mass is 10.0. The summed E-state index contributed by atoms with van der Waals surface area (Å²) in [5.74, 6) is -0.518. The second-order valence-electron chi connectivity index (χ2n) is 7.28. The number of phenols is 1. The molecule has 0 aliphatic carbocycles. The lowest BCUT2D eigenvalue weighted by Gasteiger charge is -2.15. The smallest absolute Gasteiger partial charge is 0.336 e. The zero-order valence-electron chi connectivity index (χ0n) is 16.4. The number of amides is 1. The van der Waals surface area contributed by atoms with E-state index in [0.717, 1.165) is 0 Å². The van der Waals surface area contributed by atoms with Crippen molar-refractivity contribution in [3.05, 3.63) is 63.9 Å². The monoisotopic (exact) mass is 411 g/mol. The molecule has 0 saturated carbocycles. The first kappa shape index (κ1) is 19.8. The van der Waals surface area contributed by atoms with Gasteiger partial charge in [-0.05, 0) is 30.2 Å². The van der Waals surface area contributed by atoms with E-state index < -0.39 is 17.5 Å². The van der Waals surface area contributed by atoms with Crippen molar-refractivity contribution < 1.29 is 28.3 Å². The van der Waals surface area contributed by atoms with E-state index in [-0.39, 0.29) is 36.8 Å². The lowest BCUT2D eigenvalue weighted by molar-refractivity contribution is -0.149. The SMILES string of the molecule is CCc1cc2c(COC(=O)[C@@H]3CC(=O)N(Cc4ccco4)C3)cc(=O)oc2cc1O. The first-order valence-corrected chi connectivity index (χ1v) is 9.70. The summed E-state index contributed by atoms with van der Waals surface area (Å²) < 4.78 is 15.8. The third kappa shape index (κ3) is 3.94. The highest BCUT2D eigenvalue weighted by Gasteiger charge is 2.35. The van der Waals surface area contributed by atoms with Crippen LogP contribution in [0.3, 0.4) is 0 Å². The molecule has 8 nitrogen and oxygen atoms in total. The predicted molar refractivity (Wildman–Crippen MR) is 106 cm³/mol. The van der Waals surface area contributed by atoms with Crippen LogP contribution in [0.5, 0.6) is 5.75 Å². The summed E-state index contributed by atoms with van der Waals surface area (Å²) in [5.41, 5.74) is 0.807. The highest BCUT2D eigenvalue weighted by Crippen LogP contribution is 2.28. The van der Waals surface area contributed by atoms with E-state index in [1.54, 1.807) is 23.1 Å². The molecule has 156 valence electrons. The Morgan fingerprint density at radius 2 is 2.10 bits per heavy atom. The van der Waals surface area contributed by atoms with Crippen LogP contribution in [0.15, 0.2) is 50.2 Å². The number of fused-ring (bicyclic) bond motifs is 1. The molecular weight excluding hydrogens is 390 g/mol. The normalized spacial score (nSPS) is 16.4. The van der Waals surface area contributed by atoms with Crippen LogP contribution < -0.4 is 5.63 Å². The third-order valence-corrected chi connectivity index (χ3v) is 5.25. The minimum atomic E-state index is -0.599. The molecule has 8 heteroatoms. The number of furan rings is 1. The maximum Gasteiger partial charge on any atom is 0.336 e. The largest absolute Gasteiger partial charge is 0.508 e. The second-order valence-corrected chi connectivity index (χ2v) is 7.28. The number of phenolic OH excluding ortho intramolecular Hbond substituents is 1. The number of aromatic hydroxyl groups is 1. The van der Waals surface area contributed by atoms with Crippen LogP contribution in [0.1, 0.15) is 30.2 Å². The van der Waals surface area contributed by atoms with Gasteiger partial charge in [-0.1, -0.05) is 6.92 Å². The Balaban J connectivity index is 1.47. The molecule has 3 heterocycles.